The molecule has 1 aromatic heterocycles. The maximum Gasteiger partial charge on any atom is 0.353 e. The molecule has 4 rings (SSSR count). The molecule has 0 bridgehead atoms. The number of rotatable bonds is 3. The van der Waals surface area contributed by atoms with Crippen LogP contribution in [0, 0.1) is 11.8 Å². The summed E-state index contributed by atoms with van der Waals surface area (Å²) in [7, 11) is 0. The third-order valence-corrected chi connectivity index (χ3v) is 5.68. The molecule has 2 aromatic rings. The number of amides is 2. The Labute approximate surface area is 158 Å². The number of hydrogen-bond acceptors (Lipinski definition) is 5. The Morgan fingerprint density at radius 1 is 1.12 bits per heavy atom. The standard InChI is InChI=1S/C19H14ClNO4S/c20-11-7-8-15(25-19(24)16-6-3-9-26-16)14(10-11)21-17(22)12-4-1-2-5-13(12)18(21)23/h1-3,6-10,12-13H,4-5H2/t12-,13-/m1/s1. The number of nitrogens with zero attached hydrogens (tertiary/aromatic N) is 1. The molecule has 1 fully saturated rings. The van der Waals surface area contributed by atoms with Gasteiger partial charge in [-0.25, -0.2) is 9.69 Å². The SMILES string of the molecule is O=C(Oc1ccc(Cl)cc1N1C(=O)[C@@H]2CC=CC[C@H]2C1=O)c1cccs1. The van der Waals surface area contributed by atoms with Crippen LogP contribution in [0.5, 0.6) is 5.75 Å². The van der Waals surface area contributed by atoms with Crippen LogP contribution in [0.15, 0.2) is 47.9 Å². The fourth-order valence-electron chi connectivity index (χ4n) is 3.33. The van der Waals surface area contributed by atoms with E-state index in [0.29, 0.717) is 22.7 Å². The topological polar surface area (TPSA) is 63.7 Å². The molecule has 2 atom stereocenters. The van der Waals surface area contributed by atoms with Gasteiger partial charge in [0.2, 0.25) is 11.8 Å². The van der Waals surface area contributed by atoms with E-state index in [0.717, 1.165) is 4.90 Å². The second-order valence-corrected chi connectivity index (χ2v) is 7.53. The fraction of sp³-hybridized carbons (Fsp3) is 0.211. The molecule has 1 aliphatic heterocycles. The Hall–Kier alpha value is -2.44. The maximum absolute atomic E-state index is 12.8. The van der Waals surface area contributed by atoms with Crippen LogP contribution >= 0.6 is 22.9 Å². The van der Waals surface area contributed by atoms with E-state index in [1.165, 1.54) is 23.5 Å². The van der Waals surface area contributed by atoms with Gasteiger partial charge in [-0.05, 0) is 42.5 Å². The number of esters is 1. The molecule has 0 spiro atoms. The highest BCUT2D eigenvalue weighted by Crippen LogP contribution is 2.42. The molecule has 1 aliphatic carbocycles. The molecule has 2 aliphatic rings. The molecule has 0 saturated carbocycles. The summed E-state index contributed by atoms with van der Waals surface area (Å²) in [6, 6.07) is 7.94. The van der Waals surface area contributed by atoms with Crippen LogP contribution in [0.3, 0.4) is 0 Å². The monoisotopic (exact) mass is 387 g/mol. The van der Waals surface area contributed by atoms with Gasteiger partial charge < -0.3 is 4.74 Å². The number of allylic oxidation sites excluding steroid dienone is 2. The number of thiophene rings is 1. The third kappa shape index (κ3) is 2.85. The van der Waals surface area contributed by atoms with Gasteiger partial charge in [0.15, 0.2) is 5.75 Å². The van der Waals surface area contributed by atoms with Crippen molar-refractivity contribution in [1.82, 2.24) is 0 Å². The zero-order chi connectivity index (χ0) is 18.3. The minimum Gasteiger partial charge on any atom is -0.420 e. The molecule has 2 amide bonds. The Morgan fingerprint density at radius 3 is 2.42 bits per heavy atom. The van der Waals surface area contributed by atoms with Gasteiger partial charge in [-0.2, -0.15) is 0 Å². The molecule has 26 heavy (non-hydrogen) atoms. The summed E-state index contributed by atoms with van der Waals surface area (Å²) in [5, 5.41) is 2.12. The molecule has 132 valence electrons. The van der Waals surface area contributed by atoms with E-state index >= 15 is 0 Å². The van der Waals surface area contributed by atoms with Crippen LogP contribution < -0.4 is 9.64 Å². The van der Waals surface area contributed by atoms with Crippen molar-refractivity contribution in [2.45, 2.75) is 12.8 Å². The van der Waals surface area contributed by atoms with E-state index in [1.54, 1.807) is 23.6 Å². The lowest BCUT2D eigenvalue weighted by atomic mass is 9.85. The van der Waals surface area contributed by atoms with Gasteiger partial charge in [-0.1, -0.05) is 29.8 Å². The molecular formula is C19H14ClNO4S. The van der Waals surface area contributed by atoms with Crippen LogP contribution in [0.4, 0.5) is 5.69 Å². The van der Waals surface area contributed by atoms with Crippen LogP contribution in [0.25, 0.3) is 0 Å². The predicted octanol–water partition coefficient (Wildman–Crippen LogP) is 4.08. The summed E-state index contributed by atoms with van der Waals surface area (Å²) < 4.78 is 5.46. The summed E-state index contributed by atoms with van der Waals surface area (Å²) in [5.74, 6) is -1.69. The number of benzene rings is 1. The number of fused-ring (bicyclic) bond motifs is 1. The number of anilines is 1. The van der Waals surface area contributed by atoms with E-state index in [4.69, 9.17) is 16.3 Å². The predicted molar refractivity (Wildman–Crippen MR) is 98.6 cm³/mol. The summed E-state index contributed by atoms with van der Waals surface area (Å²) in [4.78, 5) is 39.5. The van der Waals surface area contributed by atoms with E-state index in [-0.39, 0.29) is 35.1 Å². The average molecular weight is 388 g/mol. The smallest absolute Gasteiger partial charge is 0.353 e. The minimum atomic E-state index is -0.540. The third-order valence-electron chi connectivity index (χ3n) is 4.59. The van der Waals surface area contributed by atoms with Crippen LogP contribution in [-0.2, 0) is 9.59 Å². The van der Waals surface area contributed by atoms with Gasteiger partial charge >= 0.3 is 5.97 Å². The van der Waals surface area contributed by atoms with Crippen molar-refractivity contribution in [2.24, 2.45) is 11.8 Å². The van der Waals surface area contributed by atoms with E-state index < -0.39 is 5.97 Å². The molecule has 1 aromatic carbocycles. The highest BCUT2D eigenvalue weighted by molar-refractivity contribution is 7.12. The summed E-state index contributed by atoms with van der Waals surface area (Å²) >= 11 is 7.33. The van der Waals surface area contributed by atoms with Crippen molar-refractivity contribution in [3.63, 3.8) is 0 Å². The molecule has 2 heterocycles. The quantitative estimate of drug-likeness (QED) is 0.344. The number of imide groups is 1. The lowest BCUT2D eigenvalue weighted by Crippen LogP contribution is -2.31. The molecule has 1 saturated heterocycles. The molecule has 7 heteroatoms. The van der Waals surface area contributed by atoms with Crippen LogP contribution in [-0.4, -0.2) is 17.8 Å². The zero-order valence-corrected chi connectivity index (χ0v) is 15.1. The number of carbonyl (C=O) groups excluding carboxylic acids is 3. The van der Waals surface area contributed by atoms with E-state index in [1.807, 2.05) is 12.2 Å². The second-order valence-electron chi connectivity index (χ2n) is 6.15. The number of hydrogen-bond donors (Lipinski definition) is 0. The number of halogens is 1. The normalized spacial score (nSPS) is 21.8. The Bertz CT molecular complexity index is 896. The number of carbonyl (C=O) groups is 3. The Balaban J connectivity index is 1.70. The van der Waals surface area contributed by atoms with Gasteiger partial charge in [-0.3, -0.25) is 9.59 Å². The van der Waals surface area contributed by atoms with Gasteiger partial charge in [-0.15, -0.1) is 11.3 Å². The highest BCUT2D eigenvalue weighted by atomic mass is 35.5. The first-order valence-corrected chi connectivity index (χ1v) is 9.40. The van der Waals surface area contributed by atoms with E-state index in [9.17, 15) is 14.4 Å². The van der Waals surface area contributed by atoms with Crippen LogP contribution in [0.2, 0.25) is 5.02 Å². The van der Waals surface area contributed by atoms with Gasteiger partial charge in [0.1, 0.15) is 4.88 Å². The molecule has 5 nitrogen and oxygen atoms in total. The first kappa shape index (κ1) is 17.0. The number of ether oxygens (including phenoxy) is 1. The highest BCUT2D eigenvalue weighted by Gasteiger charge is 2.48. The van der Waals surface area contributed by atoms with E-state index in [2.05, 4.69) is 0 Å². The van der Waals surface area contributed by atoms with Gasteiger partial charge in [0.05, 0.1) is 17.5 Å². The fourth-order valence-corrected chi connectivity index (χ4v) is 4.10. The van der Waals surface area contributed by atoms with Gasteiger partial charge in [0, 0.05) is 5.02 Å². The first-order valence-electron chi connectivity index (χ1n) is 8.14. The lowest BCUT2D eigenvalue weighted by molar-refractivity contribution is -0.122. The lowest BCUT2D eigenvalue weighted by Gasteiger charge is -2.18. The molecule has 0 unspecified atom stereocenters. The van der Waals surface area contributed by atoms with Crippen molar-refractivity contribution in [1.29, 1.82) is 0 Å². The minimum absolute atomic E-state index is 0.140. The Kier molecular flexibility index (Phi) is 4.38. The van der Waals surface area contributed by atoms with Crippen molar-refractivity contribution >= 4 is 46.4 Å². The summed E-state index contributed by atoms with van der Waals surface area (Å²) in [6.07, 6.45) is 4.92. The Morgan fingerprint density at radius 2 is 1.81 bits per heavy atom. The van der Waals surface area contributed by atoms with Crippen molar-refractivity contribution < 1.29 is 19.1 Å². The second kappa shape index (κ2) is 6.70. The maximum atomic E-state index is 12.8. The van der Waals surface area contributed by atoms with Crippen LogP contribution in [0.1, 0.15) is 22.5 Å². The molecular weight excluding hydrogens is 374 g/mol. The molecule has 0 radical (unpaired) electrons. The summed E-state index contributed by atoms with van der Waals surface area (Å²) in [5.41, 5.74) is 0.215. The summed E-state index contributed by atoms with van der Waals surface area (Å²) in [6.45, 7) is 0. The largest absolute Gasteiger partial charge is 0.420 e. The van der Waals surface area contributed by atoms with Crippen molar-refractivity contribution in [3.05, 3.63) is 57.8 Å². The van der Waals surface area contributed by atoms with Gasteiger partial charge in [0.25, 0.3) is 0 Å². The average Bonchev–Trinajstić information content (AvgIpc) is 3.25. The van der Waals surface area contributed by atoms with Crippen molar-refractivity contribution in [3.8, 4) is 5.75 Å². The van der Waals surface area contributed by atoms with Crippen molar-refractivity contribution in [2.75, 3.05) is 4.90 Å². The zero-order valence-electron chi connectivity index (χ0n) is 13.6. The molecule has 0 N–H and O–H groups in total. The first-order chi connectivity index (χ1) is 12.6.